The molecule has 5 nitrogen and oxygen atoms in total. The van der Waals surface area contributed by atoms with E-state index in [4.69, 9.17) is 14.2 Å². The molecule has 0 N–H and O–H groups in total. The van der Waals surface area contributed by atoms with Gasteiger partial charge in [0.05, 0.1) is 31.5 Å². The number of ether oxygens (including phenoxy) is 3. The van der Waals surface area contributed by atoms with Gasteiger partial charge in [0.1, 0.15) is 17.2 Å². The summed E-state index contributed by atoms with van der Waals surface area (Å²) in [7, 11) is 1.27. The van der Waals surface area contributed by atoms with Crippen LogP contribution >= 0.6 is 0 Å². The van der Waals surface area contributed by atoms with Gasteiger partial charge in [-0.3, -0.25) is 0 Å². The molecule has 0 spiro atoms. The molecule has 2 aromatic rings. The van der Waals surface area contributed by atoms with Gasteiger partial charge < -0.3 is 14.2 Å². The minimum Gasteiger partial charge on any atom is -0.496 e. The number of allylic oxidation sites excluding steroid dienone is 2. The Hall–Kier alpha value is -2.47. The highest BCUT2D eigenvalue weighted by molar-refractivity contribution is 7.92. The average Bonchev–Trinajstić information content (AvgIpc) is 3.25. The van der Waals surface area contributed by atoms with Gasteiger partial charge in [-0.05, 0) is 18.6 Å². The lowest BCUT2D eigenvalue weighted by atomic mass is 9.72. The molecule has 3 rings (SSSR count). The van der Waals surface area contributed by atoms with Gasteiger partial charge in [-0.15, -0.1) is 0 Å². The van der Waals surface area contributed by atoms with Crippen LogP contribution in [-0.2, 0) is 15.3 Å². The molecule has 0 unspecified atom stereocenters. The van der Waals surface area contributed by atoms with Gasteiger partial charge in [0, 0.05) is 29.0 Å². The number of sulfone groups is 1. The molecule has 0 aliphatic heterocycles. The minimum atomic E-state index is -3.50. The lowest BCUT2D eigenvalue weighted by Crippen LogP contribution is -2.38. The van der Waals surface area contributed by atoms with Crippen molar-refractivity contribution < 1.29 is 22.6 Å². The van der Waals surface area contributed by atoms with Crippen LogP contribution in [0.25, 0.3) is 0 Å². The van der Waals surface area contributed by atoms with E-state index in [-0.39, 0.29) is 5.92 Å². The summed E-state index contributed by atoms with van der Waals surface area (Å²) >= 11 is 0. The molecule has 156 valence electrons. The van der Waals surface area contributed by atoms with E-state index in [2.05, 4.69) is 0 Å². The third-order valence-corrected chi connectivity index (χ3v) is 7.99. The molecular formula is C23H28O5S. The number of rotatable bonds is 7. The van der Waals surface area contributed by atoms with Crippen LogP contribution in [0.3, 0.4) is 0 Å². The number of benzene rings is 2. The molecule has 0 saturated carbocycles. The van der Waals surface area contributed by atoms with Gasteiger partial charge in [0.15, 0.2) is 9.84 Å². The zero-order valence-electron chi connectivity index (χ0n) is 17.5. The first kappa shape index (κ1) is 21.2. The summed E-state index contributed by atoms with van der Waals surface area (Å²) in [6, 6.07) is 12.3. The summed E-state index contributed by atoms with van der Waals surface area (Å²) in [4.78, 5) is 0.350. The molecule has 0 radical (unpaired) electrons. The van der Waals surface area contributed by atoms with Crippen molar-refractivity contribution in [2.75, 3.05) is 21.3 Å². The Balaban J connectivity index is 2.11. The van der Waals surface area contributed by atoms with Gasteiger partial charge in [0.25, 0.3) is 0 Å². The SMILES string of the molecule is COc1cc(OC)c(C(C)(C)[C@H]2C=CC[C@@H]2S(=O)(=O)c2ccccc2)c(OC)c1. The quantitative estimate of drug-likeness (QED) is 0.626. The van der Waals surface area contributed by atoms with E-state index >= 15 is 0 Å². The van der Waals surface area contributed by atoms with E-state index < -0.39 is 20.5 Å². The van der Waals surface area contributed by atoms with Crippen LogP contribution < -0.4 is 14.2 Å². The maximum absolute atomic E-state index is 13.4. The standard InChI is InChI=1S/C23H28O5S/c1-23(2,22-19(27-4)14-16(26-3)15-20(22)28-5)18-12-9-13-21(18)29(24,25)17-10-7-6-8-11-17/h6-12,14-15,18,21H,13H2,1-5H3/t18-,21-/m0/s1. The van der Waals surface area contributed by atoms with Crippen molar-refractivity contribution in [1.82, 2.24) is 0 Å². The molecule has 6 heteroatoms. The predicted octanol–water partition coefficient (Wildman–Crippen LogP) is 4.41. The van der Waals surface area contributed by atoms with Crippen molar-refractivity contribution >= 4 is 9.84 Å². The summed E-state index contributed by atoms with van der Waals surface area (Å²) in [6.07, 6.45) is 4.44. The minimum absolute atomic E-state index is 0.246. The van der Waals surface area contributed by atoms with Crippen molar-refractivity contribution in [2.45, 2.75) is 35.8 Å². The van der Waals surface area contributed by atoms with E-state index in [1.165, 1.54) is 0 Å². The van der Waals surface area contributed by atoms with E-state index in [0.717, 1.165) is 5.56 Å². The highest BCUT2D eigenvalue weighted by Crippen LogP contribution is 2.50. The van der Waals surface area contributed by atoms with Crippen molar-refractivity contribution in [3.63, 3.8) is 0 Å². The Morgan fingerprint density at radius 1 is 0.931 bits per heavy atom. The van der Waals surface area contributed by atoms with Gasteiger partial charge in [-0.25, -0.2) is 8.42 Å². The molecule has 29 heavy (non-hydrogen) atoms. The summed E-state index contributed by atoms with van der Waals surface area (Å²) < 4.78 is 43.5. The fourth-order valence-corrected chi connectivity index (χ4v) is 6.31. The van der Waals surface area contributed by atoms with Crippen LogP contribution in [0.4, 0.5) is 0 Å². The fraction of sp³-hybridized carbons (Fsp3) is 0.391. The molecule has 2 atom stereocenters. The van der Waals surface area contributed by atoms with E-state index in [9.17, 15) is 8.42 Å². The van der Waals surface area contributed by atoms with Gasteiger partial charge >= 0.3 is 0 Å². The summed E-state index contributed by atoms with van der Waals surface area (Å²) in [5.74, 6) is 1.60. The number of methoxy groups -OCH3 is 3. The van der Waals surface area contributed by atoms with E-state index in [1.807, 2.05) is 32.1 Å². The smallest absolute Gasteiger partial charge is 0.182 e. The summed E-state index contributed by atoms with van der Waals surface area (Å²) in [5.41, 5.74) is 0.260. The Morgan fingerprint density at radius 2 is 1.52 bits per heavy atom. The van der Waals surface area contributed by atoms with Crippen LogP contribution in [0, 0.1) is 5.92 Å². The Morgan fingerprint density at radius 3 is 2.03 bits per heavy atom. The molecule has 1 aliphatic carbocycles. The van der Waals surface area contributed by atoms with Crippen molar-refractivity contribution in [2.24, 2.45) is 5.92 Å². The molecular weight excluding hydrogens is 388 g/mol. The first-order chi connectivity index (χ1) is 13.8. The molecule has 0 saturated heterocycles. The van der Waals surface area contributed by atoms with Crippen molar-refractivity contribution in [3.05, 3.63) is 60.2 Å². The Kier molecular flexibility index (Phi) is 5.94. The Labute approximate surface area is 173 Å². The zero-order valence-corrected chi connectivity index (χ0v) is 18.3. The van der Waals surface area contributed by atoms with Crippen LogP contribution in [0.5, 0.6) is 17.2 Å². The number of hydrogen-bond acceptors (Lipinski definition) is 5. The maximum Gasteiger partial charge on any atom is 0.182 e. The largest absolute Gasteiger partial charge is 0.496 e. The highest BCUT2D eigenvalue weighted by Gasteiger charge is 2.46. The van der Waals surface area contributed by atoms with Crippen molar-refractivity contribution in [1.29, 1.82) is 0 Å². The normalized spacial score (nSPS) is 19.2. The maximum atomic E-state index is 13.4. The Bertz CT molecular complexity index is 968. The summed E-state index contributed by atoms with van der Waals surface area (Å²) in [5, 5.41) is -0.559. The van der Waals surface area contributed by atoms with Gasteiger partial charge in [0.2, 0.25) is 0 Å². The van der Waals surface area contributed by atoms with Crippen LogP contribution in [-0.4, -0.2) is 35.0 Å². The molecule has 2 aromatic carbocycles. The van der Waals surface area contributed by atoms with Crippen LogP contribution in [0.2, 0.25) is 0 Å². The monoisotopic (exact) mass is 416 g/mol. The zero-order chi connectivity index (χ0) is 21.2. The average molecular weight is 417 g/mol. The van der Waals surface area contributed by atoms with E-state index in [1.54, 1.807) is 57.7 Å². The van der Waals surface area contributed by atoms with Crippen LogP contribution in [0.1, 0.15) is 25.8 Å². The second kappa shape index (κ2) is 8.11. The molecule has 0 bridgehead atoms. The second-order valence-electron chi connectivity index (χ2n) is 7.71. The molecule has 0 fully saturated rings. The fourth-order valence-electron chi connectivity index (χ4n) is 4.25. The topological polar surface area (TPSA) is 61.8 Å². The first-order valence-electron chi connectivity index (χ1n) is 9.53. The predicted molar refractivity (Wildman–Crippen MR) is 114 cm³/mol. The summed E-state index contributed by atoms with van der Waals surface area (Å²) in [6.45, 7) is 4.07. The highest BCUT2D eigenvalue weighted by atomic mass is 32.2. The second-order valence-corrected chi connectivity index (χ2v) is 9.88. The number of hydrogen-bond donors (Lipinski definition) is 0. The van der Waals surface area contributed by atoms with Gasteiger partial charge in [-0.2, -0.15) is 0 Å². The third kappa shape index (κ3) is 3.73. The lowest BCUT2D eigenvalue weighted by Gasteiger charge is -2.37. The first-order valence-corrected chi connectivity index (χ1v) is 11.1. The van der Waals surface area contributed by atoms with Crippen LogP contribution in [0.15, 0.2) is 59.5 Å². The molecule has 0 amide bonds. The molecule has 0 heterocycles. The van der Waals surface area contributed by atoms with Gasteiger partial charge in [-0.1, -0.05) is 44.2 Å². The molecule has 0 aromatic heterocycles. The third-order valence-electron chi connectivity index (χ3n) is 5.78. The lowest BCUT2D eigenvalue weighted by molar-refractivity contribution is 0.317. The van der Waals surface area contributed by atoms with Crippen molar-refractivity contribution in [3.8, 4) is 17.2 Å². The van der Waals surface area contributed by atoms with E-state index in [0.29, 0.717) is 28.6 Å². The molecule has 1 aliphatic rings.